The Kier molecular flexibility index (Phi) is 2.99. The van der Waals surface area contributed by atoms with E-state index in [1.807, 2.05) is 12.1 Å². The van der Waals surface area contributed by atoms with Crippen LogP contribution in [0.3, 0.4) is 0 Å². The predicted octanol–water partition coefficient (Wildman–Crippen LogP) is 1.36. The summed E-state index contributed by atoms with van der Waals surface area (Å²) in [6.07, 6.45) is 3.63. The minimum atomic E-state index is -0.462. The Morgan fingerprint density at radius 2 is 1.88 bits per heavy atom. The van der Waals surface area contributed by atoms with Gasteiger partial charge in [-0.1, -0.05) is 6.07 Å². The lowest BCUT2D eigenvalue weighted by atomic mass is 10.1. The van der Waals surface area contributed by atoms with Gasteiger partial charge in [0.2, 0.25) is 0 Å². The van der Waals surface area contributed by atoms with Gasteiger partial charge in [-0.3, -0.25) is 4.79 Å². The molecule has 0 saturated carbocycles. The van der Waals surface area contributed by atoms with Crippen molar-refractivity contribution < 1.29 is 4.79 Å². The van der Waals surface area contributed by atoms with Crippen LogP contribution in [0.25, 0.3) is 0 Å². The first-order valence-corrected chi connectivity index (χ1v) is 5.63. The molecule has 0 spiro atoms. The number of para-hydroxylation sites is 1. The molecule has 4 nitrogen and oxygen atoms in total. The van der Waals surface area contributed by atoms with Gasteiger partial charge < -0.3 is 16.4 Å². The van der Waals surface area contributed by atoms with E-state index < -0.39 is 5.91 Å². The van der Waals surface area contributed by atoms with Crippen LogP contribution in [0.15, 0.2) is 18.2 Å². The van der Waals surface area contributed by atoms with Crippen LogP contribution in [-0.4, -0.2) is 19.0 Å². The highest BCUT2D eigenvalue weighted by Gasteiger charge is 2.16. The molecule has 0 radical (unpaired) electrons. The monoisotopic (exact) mass is 219 g/mol. The molecule has 2 rings (SSSR count). The number of hydrogen-bond donors (Lipinski definition) is 2. The summed E-state index contributed by atoms with van der Waals surface area (Å²) in [5.74, 6) is -0.462. The molecule has 0 aliphatic carbocycles. The summed E-state index contributed by atoms with van der Waals surface area (Å²) < 4.78 is 0. The number of benzene rings is 1. The highest BCUT2D eigenvalue weighted by Crippen LogP contribution is 2.28. The Labute approximate surface area is 95.2 Å². The standard InChI is InChI=1S/C12H17N3O/c13-11-9(12(14)16)5-4-6-10(11)15-7-2-1-3-8-15/h4-6H,1-3,7-8,13H2,(H2,14,16). The lowest BCUT2D eigenvalue weighted by Gasteiger charge is -2.30. The van der Waals surface area contributed by atoms with Gasteiger partial charge in [0.1, 0.15) is 0 Å². The number of nitrogen functional groups attached to an aromatic ring is 1. The fourth-order valence-corrected chi connectivity index (χ4v) is 2.18. The molecule has 1 aromatic carbocycles. The highest BCUT2D eigenvalue weighted by molar-refractivity contribution is 6.00. The van der Waals surface area contributed by atoms with Gasteiger partial charge >= 0.3 is 0 Å². The number of anilines is 2. The van der Waals surface area contributed by atoms with E-state index >= 15 is 0 Å². The van der Waals surface area contributed by atoms with Crippen LogP contribution >= 0.6 is 0 Å². The molecule has 16 heavy (non-hydrogen) atoms. The van der Waals surface area contributed by atoms with Gasteiger partial charge in [0, 0.05) is 13.1 Å². The number of hydrogen-bond acceptors (Lipinski definition) is 3. The first-order valence-electron chi connectivity index (χ1n) is 5.63. The van der Waals surface area contributed by atoms with Crippen molar-refractivity contribution in [2.75, 3.05) is 23.7 Å². The van der Waals surface area contributed by atoms with Crippen molar-refractivity contribution in [2.24, 2.45) is 5.73 Å². The van der Waals surface area contributed by atoms with E-state index in [1.54, 1.807) is 6.07 Å². The first-order chi connectivity index (χ1) is 7.70. The van der Waals surface area contributed by atoms with Crippen molar-refractivity contribution in [2.45, 2.75) is 19.3 Å². The fraction of sp³-hybridized carbons (Fsp3) is 0.417. The van der Waals surface area contributed by atoms with Crippen molar-refractivity contribution >= 4 is 17.3 Å². The molecule has 4 heteroatoms. The summed E-state index contributed by atoms with van der Waals surface area (Å²) in [4.78, 5) is 13.4. The van der Waals surface area contributed by atoms with Crippen LogP contribution in [0, 0.1) is 0 Å². The number of carbonyl (C=O) groups is 1. The van der Waals surface area contributed by atoms with Crippen molar-refractivity contribution in [3.63, 3.8) is 0 Å². The molecule has 0 bridgehead atoms. The fourth-order valence-electron chi connectivity index (χ4n) is 2.18. The van der Waals surface area contributed by atoms with Gasteiger partial charge in [-0.15, -0.1) is 0 Å². The van der Waals surface area contributed by atoms with E-state index in [2.05, 4.69) is 4.90 Å². The molecule has 4 N–H and O–H groups in total. The summed E-state index contributed by atoms with van der Waals surface area (Å²) in [6.45, 7) is 2.01. The summed E-state index contributed by atoms with van der Waals surface area (Å²) in [5, 5.41) is 0. The molecule has 1 aliphatic rings. The molecular formula is C12H17N3O. The third kappa shape index (κ3) is 1.96. The normalized spacial score (nSPS) is 16.1. The Balaban J connectivity index is 2.33. The van der Waals surface area contributed by atoms with E-state index in [4.69, 9.17) is 11.5 Å². The Bertz CT molecular complexity index is 397. The van der Waals surface area contributed by atoms with Crippen LogP contribution in [0.4, 0.5) is 11.4 Å². The molecule has 1 aromatic rings. The maximum absolute atomic E-state index is 11.2. The Morgan fingerprint density at radius 3 is 2.50 bits per heavy atom. The van der Waals surface area contributed by atoms with E-state index in [1.165, 1.54) is 19.3 Å². The molecule has 86 valence electrons. The van der Waals surface area contributed by atoms with Gasteiger partial charge in [-0.2, -0.15) is 0 Å². The predicted molar refractivity (Wildman–Crippen MR) is 65.4 cm³/mol. The van der Waals surface area contributed by atoms with Crippen molar-refractivity contribution in [3.8, 4) is 0 Å². The van der Waals surface area contributed by atoms with Gasteiger partial charge in [-0.05, 0) is 31.4 Å². The van der Waals surface area contributed by atoms with Gasteiger partial charge in [-0.25, -0.2) is 0 Å². The maximum Gasteiger partial charge on any atom is 0.250 e. The number of nitrogens with zero attached hydrogens (tertiary/aromatic N) is 1. The zero-order chi connectivity index (χ0) is 11.5. The molecule has 0 unspecified atom stereocenters. The highest BCUT2D eigenvalue weighted by atomic mass is 16.1. The van der Waals surface area contributed by atoms with Crippen LogP contribution in [0.1, 0.15) is 29.6 Å². The minimum Gasteiger partial charge on any atom is -0.396 e. The number of rotatable bonds is 2. The second-order valence-corrected chi connectivity index (χ2v) is 4.15. The second-order valence-electron chi connectivity index (χ2n) is 4.15. The molecule has 1 fully saturated rings. The zero-order valence-corrected chi connectivity index (χ0v) is 9.28. The van der Waals surface area contributed by atoms with Crippen LogP contribution in [0.5, 0.6) is 0 Å². The molecule has 1 heterocycles. The first kappa shape index (κ1) is 10.8. The van der Waals surface area contributed by atoms with Crippen molar-refractivity contribution in [1.82, 2.24) is 0 Å². The quantitative estimate of drug-likeness (QED) is 0.738. The molecule has 1 amide bonds. The second kappa shape index (κ2) is 4.43. The largest absolute Gasteiger partial charge is 0.396 e. The molecular weight excluding hydrogens is 202 g/mol. The number of piperidine rings is 1. The summed E-state index contributed by atoms with van der Waals surface area (Å²) in [6, 6.07) is 5.46. The summed E-state index contributed by atoms with van der Waals surface area (Å²) >= 11 is 0. The number of primary amides is 1. The lowest BCUT2D eigenvalue weighted by Crippen LogP contribution is -2.30. The summed E-state index contributed by atoms with van der Waals surface area (Å²) in [5.41, 5.74) is 13.1. The number of amides is 1. The average molecular weight is 219 g/mol. The lowest BCUT2D eigenvalue weighted by molar-refractivity contribution is 0.100. The number of nitrogens with two attached hydrogens (primary N) is 2. The van der Waals surface area contributed by atoms with E-state index in [9.17, 15) is 4.79 Å². The van der Waals surface area contributed by atoms with Crippen LogP contribution < -0.4 is 16.4 Å². The minimum absolute atomic E-state index is 0.420. The molecule has 0 atom stereocenters. The zero-order valence-electron chi connectivity index (χ0n) is 9.28. The third-order valence-electron chi connectivity index (χ3n) is 3.05. The van der Waals surface area contributed by atoms with Crippen molar-refractivity contribution in [1.29, 1.82) is 0 Å². The molecule has 1 saturated heterocycles. The van der Waals surface area contributed by atoms with E-state index in [0.29, 0.717) is 11.3 Å². The summed E-state index contributed by atoms with van der Waals surface area (Å²) in [7, 11) is 0. The Hall–Kier alpha value is -1.71. The Morgan fingerprint density at radius 1 is 1.19 bits per heavy atom. The van der Waals surface area contributed by atoms with Crippen LogP contribution in [-0.2, 0) is 0 Å². The van der Waals surface area contributed by atoms with Gasteiger partial charge in [0.25, 0.3) is 5.91 Å². The molecule has 1 aliphatic heterocycles. The number of carbonyl (C=O) groups excluding carboxylic acids is 1. The maximum atomic E-state index is 11.2. The average Bonchev–Trinajstić information content (AvgIpc) is 2.30. The third-order valence-corrected chi connectivity index (χ3v) is 3.05. The van der Waals surface area contributed by atoms with E-state index in [-0.39, 0.29) is 0 Å². The van der Waals surface area contributed by atoms with E-state index in [0.717, 1.165) is 18.8 Å². The molecule has 0 aromatic heterocycles. The SMILES string of the molecule is NC(=O)c1cccc(N2CCCCC2)c1N. The van der Waals surface area contributed by atoms with Gasteiger partial charge in [0.05, 0.1) is 16.9 Å². The van der Waals surface area contributed by atoms with Gasteiger partial charge in [0.15, 0.2) is 0 Å². The topological polar surface area (TPSA) is 72.4 Å². The smallest absolute Gasteiger partial charge is 0.250 e. The van der Waals surface area contributed by atoms with Crippen LogP contribution in [0.2, 0.25) is 0 Å². The van der Waals surface area contributed by atoms with Crippen molar-refractivity contribution in [3.05, 3.63) is 23.8 Å².